The Balaban J connectivity index is 0. The Morgan fingerprint density at radius 3 is 2.12 bits per heavy atom. The van der Waals surface area contributed by atoms with Crippen LogP contribution in [-0.2, 0) is 0 Å². The molecule has 0 aromatic rings. The Bertz CT molecular complexity index is 27.7. The van der Waals surface area contributed by atoms with E-state index < -0.39 is 0 Å². The van der Waals surface area contributed by atoms with Crippen LogP contribution in [0.1, 0.15) is 32.6 Å². The Hall–Kier alpha value is 1.60. The zero-order valence-corrected chi connectivity index (χ0v) is 9.16. The summed E-state index contributed by atoms with van der Waals surface area (Å²) in [7, 11) is 0. The van der Waals surface area contributed by atoms with Crippen LogP contribution in [0.2, 0.25) is 0 Å². The summed E-state index contributed by atoms with van der Waals surface area (Å²) >= 11 is 0. The van der Waals surface area contributed by atoms with Crippen molar-refractivity contribution in [3.63, 3.8) is 0 Å². The summed E-state index contributed by atoms with van der Waals surface area (Å²) in [5.74, 6) is 0. The van der Waals surface area contributed by atoms with Crippen molar-refractivity contribution >= 4 is 0 Å². The molecule has 0 rings (SSSR count). The van der Waals surface area contributed by atoms with Crippen molar-refractivity contribution in [3.8, 4) is 0 Å². The molecule has 0 aliphatic carbocycles. The van der Waals surface area contributed by atoms with Gasteiger partial charge in [-0.3, -0.25) is 0 Å². The molecule has 0 saturated heterocycles. The van der Waals surface area contributed by atoms with Crippen molar-refractivity contribution in [2.75, 3.05) is 6.54 Å². The van der Waals surface area contributed by atoms with E-state index in [1.165, 1.54) is 19.3 Å². The van der Waals surface area contributed by atoms with Crippen LogP contribution in [0, 0.1) is 0 Å². The molecule has 0 atom stereocenters. The average Bonchev–Trinajstić information content (AvgIpc) is 1.69. The molecule has 0 bridgehead atoms. The summed E-state index contributed by atoms with van der Waals surface area (Å²) in [6, 6.07) is 0. The zero-order valence-electron chi connectivity index (χ0n) is 6.04. The Labute approximate surface area is 94.8 Å². The number of nitrogens with one attached hydrogen (secondary N) is 1. The third-order valence-corrected chi connectivity index (χ3v) is 1.03. The van der Waals surface area contributed by atoms with E-state index in [-0.39, 0.29) is 51.4 Å². The van der Waals surface area contributed by atoms with Gasteiger partial charge in [-0.15, -0.1) is 0 Å². The van der Waals surface area contributed by atoms with Crippen molar-refractivity contribution in [3.05, 3.63) is 5.73 Å². The Morgan fingerprint density at radius 2 is 1.75 bits per heavy atom. The molecule has 0 amide bonds. The van der Waals surface area contributed by atoms with E-state index in [9.17, 15) is 0 Å². The van der Waals surface area contributed by atoms with E-state index >= 15 is 0 Å². The minimum atomic E-state index is 0. The molecule has 1 nitrogen and oxygen atoms in total. The third-order valence-electron chi connectivity index (χ3n) is 1.03. The van der Waals surface area contributed by atoms with Crippen LogP contribution in [-0.4, -0.2) is 6.54 Å². The van der Waals surface area contributed by atoms with Gasteiger partial charge >= 0.3 is 51.4 Å². The van der Waals surface area contributed by atoms with Crippen LogP contribution in [0.25, 0.3) is 5.73 Å². The largest absolute Gasteiger partial charge is 1.00 e. The van der Waals surface area contributed by atoms with Gasteiger partial charge in [0.2, 0.25) is 0 Å². The fraction of sp³-hybridized carbons (Fsp3) is 1.00. The quantitative estimate of drug-likeness (QED) is 0.375. The minimum Gasteiger partial charge on any atom is -0.677 e. The van der Waals surface area contributed by atoms with Gasteiger partial charge in [-0.2, -0.15) is 6.54 Å². The van der Waals surface area contributed by atoms with Crippen molar-refractivity contribution in [1.82, 2.24) is 0 Å². The maximum atomic E-state index is 6.78. The monoisotopic (exact) mass is 139 g/mol. The standard InChI is InChI=1S/C6H14N.K/c1-2-3-4-5-6-7;/h7H,2-6H2,1H3;/q-1;+1. The second-order valence-corrected chi connectivity index (χ2v) is 1.81. The van der Waals surface area contributed by atoms with Gasteiger partial charge in [0.1, 0.15) is 0 Å². The van der Waals surface area contributed by atoms with Gasteiger partial charge in [0.25, 0.3) is 0 Å². The first-order valence-electron chi connectivity index (χ1n) is 3.06. The molecule has 2 heteroatoms. The first-order valence-corrected chi connectivity index (χ1v) is 3.06. The summed E-state index contributed by atoms with van der Waals surface area (Å²) in [5.41, 5.74) is 6.78. The Kier molecular flexibility index (Phi) is 17.5. The topological polar surface area (TPSA) is 23.8 Å². The van der Waals surface area contributed by atoms with Gasteiger partial charge in [0.05, 0.1) is 0 Å². The van der Waals surface area contributed by atoms with Gasteiger partial charge < -0.3 is 5.73 Å². The van der Waals surface area contributed by atoms with Crippen LogP contribution in [0.15, 0.2) is 0 Å². The molecule has 0 radical (unpaired) electrons. The van der Waals surface area contributed by atoms with E-state index in [0.717, 1.165) is 6.42 Å². The van der Waals surface area contributed by atoms with Crippen LogP contribution >= 0.6 is 0 Å². The summed E-state index contributed by atoms with van der Waals surface area (Å²) in [4.78, 5) is 0. The molecule has 0 saturated carbocycles. The first-order chi connectivity index (χ1) is 3.41. The summed E-state index contributed by atoms with van der Waals surface area (Å²) < 4.78 is 0. The number of hydrogen-bond acceptors (Lipinski definition) is 0. The molecule has 0 aromatic carbocycles. The van der Waals surface area contributed by atoms with Gasteiger partial charge in [0.15, 0.2) is 0 Å². The molecule has 44 valence electrons. The summed E-state index contributed by atoms with van der Waals surface area (Å²) in [5, 5.41) is 0. The number of unbranched alkanes of at least 4 members (excludes halogenated alkanes) is 3. The SMILES string of the molecule is CCCCCC[NH-].[K+]. The minimum absolute atomic E-state index is 0. The summed E-state index contributed by atoms with van der Waals surface area (Å²) in [6.45, 7) is 2.80. The molecule has 0 unspecified atom stereocenters. The van der Waals surface area contributed by atoms with Gasteiger partial charge in [-0.05, 0) is 0 Å². The maximum Gasteiger partial charge on any atom is 1.00 e. The van der Waals surface area contributed by atoms with Gasteiger partial charge in [-0.1, -0.05) is 32.6 Å². The smallest absolute Gasteiger partial charge is 0.677 e. The second kappa shape index (κ2) is 11.4. The number of hydrogen-bond donors (Lipinski definition) is 0. The van der Waals surface area contributed by atoms with E-state index in [4.69, 9.17) is 5.73 Å². The van der Waals surface area contributed by atoms with Crippen molar-refractivity contribution in [1.29, 1.82) is 0 Å². The second-order valence-electron chi connectivity index (χ2n) is 1.81. The van der Waals surface area contributed by atoms with Crippen LogP contribution in [0.3, 0.4) is 0 Å². The normalized spacial score (nSPS) is 8.25. The number of rotatable bonds is 4. The summed E-state index contributed by atoms with van der Waals surface area (Å²) in [6.07, 6.45) is 4.92. The van der Waals surface area contributed by atoms with Crippen LogP contribution in [0.5, 0.6) is 0 Å². The predicted octanol–water partition coefficient (Wildman–Crippen LogP) is -0.377. The van der Waals surface area contributed by atoms with Crippen LogP contribution in [0.4, 0.5) is 0 Å². The Morgan fingerprint density at radius 1 is 1.12 bits per heavy atom. The third kappa shape index (κ3) is 10.6. The molecular formula is C6H14KN. The molecule has 8 heavy (non-hydrogen) atoms. The molecule has 0 heterocycles. The van der Waals surface area contributed by atoms with E-state index in [2.05, 4.69) is 6.92 Å². The van der Waals surface area contributed by atoms with Crippen molar-refractivity contribution < 1.29 is 51.4 Å². The average molecular weight is 139 g/mol. The van der Waals surface area contributed by atoms with E-state index in [1.807, 2.05) is 0 Å². The fourth-order valence-corrected chi connectivity index (χ4v) is 0.552. The molecular weight excluding hydrogens is 125 g/mol. The predicted molar refractivity (Wildman–Crippen MR) is 33.3 cm³/mol. The molecule has 0 aliphatic heterocycles. The van der Waals surface area contributed by atoms with Gasteiger partial charge in [-0.25, -0.2) is 0 Å². The molecule has 1 N–H and O–H groups in total. The maximum absolute atomic E-state index is 6.78. The first kappa shape index (κ1) is 12.3. The van der Waals surface area contributed by atoms with E-state index in [1.54, 1.807) is 0 Å². The fourth-order valence-electron chi connectivity index (χ4n) is 0.552. The van der Waals surface area contributed by atoms with Gasteiger partial charge in [0, 0.05) is 0 Å². The molecule has 0 aromatic heterocycles. The molecule has 0 aliphatic rings. The van der Waals surface area contributed by atoms with Crippen LogP contribution < -0.4 is 51.4 Å². The molecule has 0 fully saturated rings. The van der Waals surface area contributed by atoms with E-state index in [0.29, 0.717) is 6.54 Å². The van der Waals surface area contributed by atoms with Crippen molar-refractivity contribution in [2.24, 2.45) is 0 Å². The van der Waals surface area contributed by atoms with Crippen molar-refractivity contribution in [2.45, 2.75) is 32.6 Å². The molecule has 0 spiro atoms. The zero-order chi connectivity index (χ0) is 5.54.